The minimum atomic E-state index is 0.539. The Bertz CT molecular complexity index is 515. The summed E-state index contributed by atoms with van der Waals surface area (Å²) in [6.07, 6.45) is 0. The Balaban J connectivity index is 2.34. The van der Waals surface area contributed by atoms with Gasteiger partial charge < -0.3 is 10.1 Å². The number of hydrogen-bond donors (Lipinski definition) is 1. The Morgan fingerprint density at radius 1 is 1.53 bits per heavy atom. The predicted molar refractivity (Wildman–Crippen MR) is 78.2 cm³/mol. The lowest BCUT2D eigenvalue weighted by molar-refractivity contribution is 0.415. The Kier molecular flexibility index (Phi) is 4.47. The fraction of sp³-hybridized carbons (Fsp3) is 0.364. The Hall–Kier alpha value is -0.530. The summed E-state index contributed by atoms with van der Waals surface area (Å²) >= 11 is 8.37. The van der Waals surface area contributed by atoms with Gasteiger partial charge in [-0.25, -0.2) is 0 Å². The zero-order chi connectivity index (χ0) is 12.3. The van der Waals surface area contributed by atoms with E-state index in [-0.39, 0.29) is 0 Å². The number of aromatic nitrogens is 2. The molecule has 1 aromatic carbocycles. The number of alkyl halides is 1. The third-order valence-corrected chi connectivity index (χ3v) is 3.33. The molecule has 0 saturated carbocycles. The standard InChI is InChI=1S/C11H13ClIN3O/c1-17-8-2-3-9-10(6-8)16(15-11(9)12)5-4-14-7-13/h2-3,6,14H,4-5,7H2,1H3. The number of hydrogen-bond acceptors (Lipinski definition) is 3. The lowest BCUT2D eigenvalue weighted by Gasteiger charge is -2.04. The van der Waals surface area contributed by atoms with Crippen molar-refractivity contribution >= 4 is 45.1 Å². The van der Waals surface area contributed by atoms with Crippen molar-refractivity contribution in [2.75, 3.05) is 18.2 Å². The van der Waals surface area contributed by atoms with E-state index in [4.69, 9.17) is 16.3 Å². The Morgan fingerprint density at radius 3 is 3.06 bits per heavy atom. The first-order valence-electron chi connectivity index (χ1n) is 5.23. The van der Waals surface area contributed by atoms with Gasteiger partial charge >= 0.3 is 0 Å². The van der Waals surface area contributed by atoms with Gasteiger partial charge in [-0.05, 0) is 12.1 Å². The lowest BCUT2D eigenvalue weighted by atomic mass is 10.2. The molecular weight excluding hydrogens is 352 g/mol. The van der Waals surface area contributed by atoms with Crippen molar-refractivity contribution in [1.29, 1.82) is 0 Å². The third kappa shape index (κ3) is 2.83. The molecule has 2 aromatic rings. The van der Waals surface area contributed by atoms with Crippen LogP contribution in [0.5, 0.6) is 5.75 Å². The van der Waals surface area contributed by atoms with Crippen LogP contribution in [0.25, 0.3) is 10.9 Å². The van der Waals surface area contributed by atoms with Crippen molar-refractivity contribution in [1.82, 2.24) is 15.1 Å². The second-order valence-corrected chi connectivity index (χ2v) is 4.65. The van der Waals surface area contributed by atoms with Gasteiger partial charge in [0.2, 0.25) is 0 Å². The highest BCUT2D eigenvalue weighted by atomic mass is 127. The van der Waals surface area contributed by atoms with Crippen LogP contribution in [0, 0.1) is 0 Å². The molecule has 0 spiro atoms. The first-order valence-corrected chi connectivity index (χ1v) is 7.13. The van der Waals surface area contributed by atoms with Gasteiger partial charge in [0.05, 0.1) is 19.2 Å². The molecule has 1 N–H and O–H groups in total. The maximum absolute atomic E-state index is 6.09. The minimum absolute atomic E-state index is 0.539. The van der Waals surface area contributed by atoms with Gasteiger partial charge in [-0.15, -0.1) is 0 Å². The molecule has 0 amide bonds. The molecule has 0 aliphatic heterocycles. The number of nitrogens with zero attached hydrogens (tertiary/aromatic N) is 2. The van der Waals surface area contributed by atoms with E-state index in [1.807, 2.05) is 22.9 Å². The molecule has 0 atom stereocenters. The first kappa shape index (κ1) is 12.9. The van der Waals surface area contributed by atoms with Gasteiger partial charge in [0.25, 0.3) is 0 Å². The minimum Gasteiger partial charge on any atom is -0.497 e. The maximum Gasteiger partial charge on any atom is 0.158 e. The van der Waals surface area contributed by atoms with Crippen molar-refractivity contribution < 1.29 is 4.74 Å². The number of rotatable bonds is 5. The fourth-order valence-corrected chi connectivity index (χ4v) is 2.29. The van der Waals surface area contributed by atoms with Gasteiger partial charge in [0.15, 0.2) is 5.15 Å². The van der Waals surface area contributed by atoms with Gasteiger partial charge in [0.1, 0.15) is 5.75 Å². The first-order chi connectivity index (χ1) is 8.26. The van der Waals surface area contributed by atoms with Gasteiger partial charge in [0, 0.05) is 22.5 Å². The van der Waals surface area contributed by atoms with E-state index < -0.39 is 0 Å². The average molecular weight is 366 g/mol. The van der Waals surface area contributed by atoms with E-state index in [2.05, 4.69) is 33.0 Å². The van der Waals surface area contributed by atoms with E-state index in [0.717, 1.165) is 34.3 Å². The van der Waals surface area contributed by atoms with Crippen molar-refractivity contribution in [3.63, 3.8) is 0 Å². The Morgan fingerprint density at radius 2 is 2.35 bits per heavy atom. The highest BCUT2D eigenvalue weighted by Crippen LogP contribution is 2.26. The van der Waals surface area contributed by atoms with Crippen LogP contribution in [0.2, 0.25) is 5.15 Å². The second-order valence-electron chi connectivity index (χ2n) is 3.53. The maximum atomic E-state index is 6.09. The van der Waals surface area contributed by atoms with Crippen LogP contribution in [0.15, 0.2) is 18.2 Å². The molecule has 1 aromatic heterocycles. The molecule has 92 valence electrons. The summed E-state index contributed by atoms with van der Waals surface area (Å²) in [4.78, 5) is 0. The number of benzene rings is 1. The summed E-state index contributed by atoms with van der Waals surface area (Å²) < 4.78 is 8.04. The molecule has 4 nitrogen and oxygen atoms in total. The molecule has 0 fully saturated rings. The second kappa shape index (κ2) is 5.88. The smallest absolute Gasteiger partial charge is 0.158 e. The van der Waals surface area contributed by atoms with Crippen LogP contribution in [-0.4, -0.2) is 28.0 Å². The fourth-order valence-electron chi connectivity index (χ4n) is 1.66. The molecule has 6 heteroatoms. The number of nitrogens with one attached hydrogen (secondary N) is 1. The van der Waals surface area contributed by atoms with Crippen LogP contribution in [0.4, 0.5) is 0 Å². The van der Waals surface area contributed by atoms with E-state index in [9.17, 15) is 0 Å². The summed E-state index contributed by atoms with van der Waals surface area (Å²) in [7, 11) is 1.65. The van der Waals surface area contributed by atoms with E-state index in [1.54, 1.807) is 7.11 Å². The van der Waals surface area contributed by atoms with E-state index >= 15 is 0 Å². The SMILES string of the molecule is COc1ccc2c(Cl)nn(CCNCI)c2c1. The molecule has 17 heavy (non-hydrogen) atoms. The predicted octanol–water partition coefficient (Wildman–Crippen LogP) is 2.68. The summed E-state index contributed by atoms with van der Waals surface area (Å²) in [5.41, 5.74) is 1.00. The van der Waals surface area contributed by atoms with Crippen LogP contribution in [0.1, 0.15) is 0 Å². The zero-order valence-corrected chi connectivity index (χ0v) is 12.3. The topological polar surface area (TPSA) is 39.1 Å². The molecule has 0 bridgehead atoms. The summed E-state index contributed by atoms with van der Waals surface area (Å²) in [5, 5.41) is 9.07. The highest BCUT2D eigenvalue weighted by Gasteiger charge is 2.09. The summed E-state index contributed by atoms with van der Waals surface area (Å²) in [6, 6.07) is 5.79. The third-order valence-electron chi connectivity index (χ3n) is 2.51. The van der Waals surface area contributed by atoms with Crippen LogP contribution < -0.4 is 10.1 Å². The van der Waals surface area contributed by atoms with E-state index in [1.165, 1.54) is 0 Å². The van der Waals surface area contributed by atoms with Crippen LogP contribution in [0.3, 0.4) is 0 Å². The monoisotopic (exact) mass is 365 g/mol. The van der Waals surface area contributed by atoms with Gasteiger partial charge in [-0.3, -0.25) is 4.68 Å². The van der Waals surface area contributed by atoms with Crippen molar-refractivity contribution in [2.24, 2.45) is 0 Å². The molecule has 0 radical (unpaired) electrons. The number of ether oxygens (including phenoxy) is 1. The number of methoxy groups -OCH3 is 1. The van der Waals surface area contributed by atoms with Gasteiger partial charge in [-0.1, -0.05) is 34.2 Å². The van der Waals surface area contributed by atoms with Crippen molar-refractivity contribution in [2.45, 2.75) is 6.54 Å². The molecule has 2 rings (SSSR count). The average Bonchev–Trinajstić information content (AvgIpc) is 2.66. The zero-order valence-electron chi connectivity index (χ0n) is 9.41. The Labute approximate surface area is 118 Å². The largest absolute Gasteiger partial charge is 0.497 e. The number of fused-ring (bicyclic) bond motifs is 1. The van der Waals surface area contributed by atoms with Crippen molar-refractivity contribution in [3.8, 4) is 5.75 Å². The molecular formula is C11H13ClIN3O. The summed E-state index contributed by atoms with van der Waals surface area (Å²) in [5.74, 6) is 0.817. The number of halogens is 2. The quantitative estimate of drug-likeness (QED) is 0.383. The normalized spacial score (nSPS) is 11.0. The van der Waals surface area contributed by atoms with Crippen molar-refractivity contribution in [3.05, 3.63) is 23.4 Å². The van der Waals surface area contributed by atoms with Crippen LogP contribution >= 0.6 is 34.2 Å². The summed E-state index contributed by atoms with van der Waals surface area (Å²) in [6.45, 7) is 1.66. The molecule has 1 heterocycles. The molecule has 0 saturated heterocycles. The molecule has 0 unspecified atom stereocenters. The molecule has 0 aliphatic carbocycles. The van der Waals surface area contributed by atoms with Crippen LogP contribution in [-0.2, 0) is 6.54 Å². The van der Waals surface area contributed by atoms with E-state index in [0.29, 0.717) is 5.15 Å². The lowest BCUT2D eigenvalue weighted by Crippen LogP contribution is -2.18. The highest BCUT2D eigenvalue weighted by molar-refractivity contribution is 14.1. The van der Waals surface area contributed by atoms with Gasteiger partial charge in [-0.2, -0.15) is 5.10 Å². The molecule has 0 aliphatic rings.